The minimum Gasteiger partial charge on any atom is -0.507 e. The van der Waals surface area contributed by atoms with E-state index in [0.29, 0.717) is 61.2 Å². The summed E-state index contributed by atoms with van der Waals surface area (Å²) in [7, 11) is 1.57. The van der Waals surface area contributed by atoms with Crippen LogP contribution < -0.4 is 14.2 Å². The first-order valence-corrected chi connectivity index (χ1v) is 15.4. The molecule has 2 aromatic rings. The molecule has 43 heavy (non-hydrogen) atoms. The number of ether oxygens (including phenoxy) is 4. The zero-order valence-corrected chi connectivity index (χ0v) is 26.2. The molecule has 1 unspecified atom stereocenters. The highest BCUT2D eigenvalue weighted by Crippen LogP contribution is 2.42. The van der Waals surface area contributed by atoms with Crippen molar-refractivity contribution in [3.05, 3.63) is 58.7 Å². The van der Waals surface area contributed by atoms with Gasteiger partial charge in [-0.05, 0) is 75.1 Å². The van der Waals surface area contributed by atoms with Gasteiger partial charge in [-0.2, -0.15) is 0 Å². The van der Waals surface area contributed by atoms with Gasteiger partial charge in [0.1, 0.15) is 11.5 Å². The molecule has 1 N–H and O–H groups in total. The average molecular weight is 595 g/mol. The Morgan fingerprint density at radius 2 is 1.79 bits per heavy atom. The third-order valence-corrected chi connectivity index (χ3v) is 7.85. The highest BCUT2D eigenvalue weighted by atomic mass is 16.5. The summed E-state index contributed by atoms with van der Waals surface area (Å²) in [6.07, 6.45) is 3.78. The van der Waals surface area contributed by atoms with Crippen molar-refractivity contribution in [3.8, 4) is 17.2 Å². The van der Waals surface area contributed by atoms with E-state index in [-0.39, 0.29) is 17.4 Å². The van der Waals surface area contributed by atoms with Crippen molar-refractivity contribution in [1.29, 1.82) is 0 Å². The Balaban J connectivity index is 1.70. The van der Waals surface area contributed by atoms with Crippen LogP contribution in [0.2, 0.25) is 0 Å². The van der Waals surface area contributed by atoms with E-state index in [1.807, 2.05) is 39.0 Å². The number of unbranched alkanes of at least 4 members (excludes halogenated alkanes) is 2. The molecule has 0 radical (unpaired) electrons. The Kier molecular flexibility index (Phi) is 11.5. The third-order valence-electron chi connectivity index (χ3n) is 7.85. The molecule has 2 aliphatic rings. The standard InChI is InChI=1S/C34H46N2O7/c1-6-7-8-18-42-28-13-10-25(22-29(28)40-5)31-30(32(37)27-12-11-26(21-24(27)4)43-23(2)3)33(38)34(39)36(31)15-9-14-35-16-19-41-20-17-35/h10-13,21-23,31,37H,6-9,14-20H2,1-5H3. The minimum atomic E-state index is -0.779. The first kappa shape index (κ1) is 32.4. The molecule has 0 aromatic heterocycles. The maximum atomic E-state index is 13.6. The fourth-order valence-electron chi connectivity index (χ4n) is 5.65. The summed E-state index contributed by atoms with van der Waals surface area (Å²) in [5, 5.41) is 11.6. The Morgan fingerprint density at radius 1 is 1.02 bits per heavy atom. The number of hydrogen-bond donors (Lipinski definition) is 1. The van der Waals surface area contributed by atoms with Crippen molar-refractivity contribution in [3.63, 3.8) is 0 Å². The first-order chi connectivity index (χ1) is 20.7. The van der Waals surface area contributed by atoms with Gasteiger partial charge in [0.15, 0.2) is 11.5 Å². The fourth-order valence-corrected chi connectivity index (χ4v) is 5.65. The van der Waals surface area contributed by atoms with Gasteiger partial charge >= 0.3 is 0 Å². The second-order valence-electron chi connectivity index (χ2n) is 11.4. The lowest BCUT2D eigenvalue weighted by Crippen LogP contribution is -2.39. The average Bonchev–Trinajstić information content (AvgIpc) is 3.24. The summed E-state index contributed by atoms with van der Waals surface area (Å²) < 4.78 is 22.9. The van der Waals surface area contributed by atoms with Gasteiger partial charge in [-0.25, -0.2) is 0 Å². The summed E-state index contributed by atoms with van der Waals surface area (Å²) in [5.41, 5.74) is 1.95. The molecule has 2 saturated heterocycles. The van der Waals surface area contributed by atoms with Crippen LogP contribution in [0.3, 0.4) is 0 Å². The first-order valence-electron chi connectivity index (χ1n) is 15.4. The van der Waals surface area contributed by atoms with Crippen LogP contribution in [0.25, 0.3) is 5.76 Å². The van der Waals surface area contributed by atoms with E-state index in [9.17, 15) is 14.7 Å². The van der Waals surface area contributed by atoms with Gasteiger partial charge in [0.2, 0.25) is 0 Å². The van der Waals surface area contributed by atoms with E-state index < -0.39 is 17.7 Å². The number of methoxy groups -OCH3 is 1. The van der Waals surface area contributed by atoms with E-state index in [1.54, 1.807) is 30.2 Å². The van der Waals surface area contributed by atoms with Gasteiger partial charge < -0.3 is 29.0 Å². The summed E-state index contributed by atoms with van der Waals surface area (Å²) in [6, 6.07) is 10.0. The topological polar surface area (TPSA) is 97.8 Å². The van der Waals surface area contributed by atoms with Gasteiger partial charge in [-0.1, -0.05) is 25.8 Å². The molecule has 2 aromatic carbocycles. The smallest absolute Gasteiger partial charge is 0.295 e. The second-order valence-corrected chi connectivity index (χ2v) is 11.4. The molecule has 9 nitrogen and oxygen atoms in total. The van der Waals surface area contributed by atoms with Crippen molar-refractivity contribution in [2.24, 2.45) is 0 Å². The number of hydrogen-bond acceptors (Lipinski definition) is 8. The van der Waals surface area contributed by atoms with Crippen LogP contribution in [0.4, 0.5) is 0 Å². The molecule has 0 saturated carbocycles. The minimum absolute atomic E-state index is 0.00443. The number of morpholine rings is 1. The van der Waals surface area contributed by atoms with Gasteiger partial charge in [-0.15, -0.1) is 0 Å². The largest absolute Gasteiger partial charge is 0.507 e. The van der Waals surface area contributed by atoms with Crippen molar-refractivity contribution in [1.82, 2.24) is 9.80 Å². The lowest BCUT2D eigenvalue weighted by Gasteiger charge is -2.29. The number of ketones is 1. The fraction of sp³-hybridized carbons (Fsp3) is 0.529. The number of aliphatic hydroxyl groups excluding tert-OH is 1. The van der Waals surface area contributed by atoms with Crippen LogP contribution in [0.5, 0.6) is 17.2 Å². The predicted octanol–water partition coefficient (Wildman–Crippen LogP) is 5.50. The maximum Gasteiger partial charge on any atom is 0.295 e. The Morgan fingerprint density at radius 3 is 2.47 bits per heavy atom. The van der Waals surface area contributed by atoms with E-state index in [4.69, 9.17) is 18.9 Å². The summed E-state index contributed by atoms with van der Waals surface area (Å²) in [4.78, 5) is 31.0. The quantitative estimate of drug-likeness (QED) is 0.133. The predicted molar refractivity (Wildman–Crippen MR) is 166 cm³/mol. The molecule has 0 bridgehead atoms. The summed E-state index contributed by atoms with van der Waals surface area (Å²) >= 11 is 0. The van der Waals surface area contributed by atoms with Crippen LogP contribution >= 0.6 is 0 Å². The number of nitrogens with zero attached hydrogens (tertiary/aromatic N) is 2. The SMILES string of the molecule is CCCCCOc1ccc(C2C(=C(O)c3ccc(OC(C)C)cc3C)C(=O)C(=O)N2CCCN2CCOCC2)cc1OC. The highest BCUT2D eigenvalue weighted by molar-refractivity contribution is 6.46. The molecule has 9 heteroatoms. The molecule has 0 spiro atoms. The number of aryl methyl sites for hydroxylation is 1. The van der Waals surface area contributed by atoms with E-state index in [2.05, 4.69) is 11.8 Å². The molecule has 2 aliphatic heterocycles. The number of amides is 1. The third kappa shape index (κ3) is 7.89. The Labute approximate surface area is 255 Å². The van der Waals surface area contributed by atoms with Crippen LogP contribution in [0.15, 0.2) is 42.0 Å². The number of carbonyl (C=O) groups is 2. The zero-order chi connectivity index (χ0) is 30.9. The Bertz CT molecular complexity index is 1300. The molecule has 4 rings (SSSR count). The monoisotopic (exact) mass is 594 g/mol. The van der Waals surface area contributed by atoms with Crippen LogP contribution in [-0.2, 0) is 14.3 Å². The Hall–Kier alpha value is -3.56. The van der Waals surface area contributed by atoms with Crippen LogP contribution in [0.1, 0.15) is 69.2 Å². The molecule has 2 fully saturated rings. The molecular weight excluding hydrogens is 548 g/mol. The molecule has 1 atom stereocenters. The lowest BCUT2D eigenvalue weighted by molar-refractivity contribution is -0.140. The van der Waals surface area contributed by atoms with Gasteiger partial charge in [0.25, 0.3) is 11.7 Å². The maximum absolute atomic E-state index is 13.6. The van der Waals surface area contributed by atoms with Crippen molar-refractivity contribution < 1.29 is 33.6 Å². The number of rotatable bonds is 14. The lowest BCUT2D eigenvalue weighted by atomic mass is 9.93. The van der Waals surface area contributed by atoms with Crippen molar-refractivity contribution >= 4 is 17.4 Å². The summed E-state index contributed by atoms with van der Waals surface area (Å²) in [6.45, 7) is 12.7. The summed E-state index contributed by atoms with van der Waals surface area (Å²) in [5.74, 6) is 0.261. The highest BCUT2D eigenvalue weighted by Gasteiger charge is 2.46. The molecule has 0 aliphatic carbocycles. The molecular formula is C34H46N2O7. The number of likely N-dealkylation sites (tertiary alicyclic amines) is 1. The number of Topliss-reactive ketones (excluding diaryl/α,β-unsaturated/α-hetero) is 1. The molecule has 2 heterocycles. The van der Waals surface area contributed by atoms with Crippen LogP contribution in [0, 0.1) is 6.92 Å². The zero-order valence-electron chi connectivity index (χ0n) is 26.2. The van der Waals surface area contributed by atoms with Crippen molar-refractivity contribution in [2.45, 2.75) is 65.5 Å². The number of carbonyl (C=O) groups excluding carboxylic acids is 2. The second kappa shape index (κ2) is 15.3. The van der Waals surface area contributed by atoms with E-state index >= 15 is 0 Å². The van der Waals surface area contributed by atoms with Gasteiger partial charge in [0.05, 0.1) is 44.6 Å². The van der Waals surface area contributed by atoms with E-state index in [1.165, 1.54) is 0 Å². The van der Waals surface area contributed by atoms with Gasteiger partial charge in [-0.3, -0.25) is 14.5 Å². The number of benzene rings is 2. The molecule has 1 amide bonds. The molecule has 234 valence electrons. The van der Waals surface area contributed by atoms with Crippen LogP contribution in [-0.4, -0.2) is 85.8 Å². The normalized spacial score (nSPS) is 18.8. The number of aliphatic hydroxyl groups is 1. The van der Waals surface area contributed by atoms with Crippen molar-refractivity contribution in [2.75, 3.05) is 53.1 Å². The van der Waals surface area contributed by atoms with Gasteiger partial charge in [0, 0.05) is 31.7 Å². The van der Waals surface area contributed by atoms with E-state index in [0.717, 1.165) is 44.5 Å².